The second kappa shape index (κ2) is 2.24. The Bertz CT molecular complexity index is 176. The zero-order chi connectivity index (χ0) is 7.14. The maximum absolute atomic E-state index is 7.66. The third kappa shape index (κ3) is 0.886. The highest BCUT2D eigenvalue weighted by Crippen LogP contribution is 2.41. The van der Waals surface area contributed by atoms with Crippen LogP contribution in [0.5, 0.6) is 0 Å². The number of hydrogen-bond acceptors (Lipinski definition) is 0. The highest BCUT2D eigenvalue weighted by molar-refractivity contribution is 6.30. The minimum absolute atomic E-state index is 0.0968. The smallest absolute Gasteiger partial charge is 0.0594 e. The quantitative estimate of drug-likeness (QED) is 0.514. The SMILES string of the molecule is [NH]C1C(Cl)=CC2CCC1C2. The van der Waals surface area contributed by atoms with E-state index in [0.717, 1.165) is 5.03 Å². The summed E-state index contributed by atoms with van der Waals surface area (Å²) in [5, 5.41) is 0.791. The van der Waals surface area contributed by atoms with Crippen molar-refractivity contribution in [3.63, 3.8) is 0 Å². The molecule has 0 aromatic heterocycles. The van der Waals surface area contributed by atoms with Gasteiger partial charge in [0.15, 0.2) is 0 Å². The van der Waals surface area contributed by atoms with Gasteiger partial charge >= 0.3 is 0 Å². The van der Waals surface area contributed by atoms with E-state index >= 15 is 0 Å². The molecule has 0 amide bonds. The van der Waals surface area contributed by atoms with Crippen molar-refractivity contribution in [3.05, 3.63) is 11.1 Å². The summed E-state index contributed by atoms with van der Waals surface area (Å²) in [7, 11) is 0. The summed E-state index contributed by atoms with van der Waals surface area (Å²) in [5.74, 6) is 1.28. The third-order valence-corrected chi connectivity index (χ3v) is 3.04. The van der Waals surface area contributed by atoms with Crippen LogP contribution in [-0.4, -0.2) is 6.04 Å². The van der Waals surface area contributed by atoms with E-state index in [2.05, 4.69) is 6.08 Å². The van der Waals surface area contributed by atoms with Gasteiger partial charge in [0.25, 0.3) is 0 Å². The predicted molar refractivity (Wildman–Crippen MR) is 41.7 cm³/mol. The molecule has 0 spiro atoms. The van der Waals surface area contributed by atoms with Crippen LogP contribution in [-0.2, 0) is 0 Å². The molecule has 2 aliphatic rings. The molecular weight excluding hydrogens is 146 g/mol. The number of halogens is 1. The Balaban J connectivity index is 2.25. The van der Waals surface area contributed by atoms with Gasteiger partial charge in [0.2, 0.25) is 0 Å². The molecule has 2 heteroatoms. The number of hydrogen-bond donors (Lipinski definition) is 0. The van der Waals surface area contributed by atoms with Crippen LogP contribution in [0, 0.1) is 11.8 Å². The van der Waals surface area contributed by atoms with Crippen LogP contribution >= 0.6 is 11.6 Å². The van der Waals surface area contributed by atoms with Crippen molar-refractivity contribution in [2.45, 2.75) is 25.3 Å². The average molecular weight is 157 g/mol. The van der Waals surface area contributed by atoms with Crippen LogP contribution < -0.4 is 5.73 Å². The van der Waals surface area contributed by atoms with E-state index in [4.69, 9.17) is 17.3 Å². The Kier molecular flexibility index (Phi) is 1.50. The lowest BCUT2D eigenvalue weighted by Gasteiger charge is -2.21. The van der Waals surface area contributed by atoms with Crippen molar-refractivity contribution < 1.29 is 0 Å². The maximum Gasteiger partial charge on any atom is 0.0594 e. The van der Waals surface area contributed by atoms with Gasteiger partial charge in [-0.25, -0.2) is 5.73 Å². The summed E-state index contributed by atoms with van der Waals surface area (Å²) >= 11 is 5.87. The Hall–Kier alpha value is -0.0100. The molecule has 1 radical (unpaired) electrons. The van der Waals surface area contributed by atoms with Gasteiger partial charge in [-0.1, -0.05) is 17.7 Å². The standard InChI is InChI=1S/C8H11ClN/c9-7-4-5-1-2-6(3-5)8(7)10/h4-6,8,10H,1-3H2. The van der Waals surface area contributed by atoms with Gasteiger partial charge in [0.1, 0.15) is 0 Å². The van der Waals surface area contributed by atoms with Crippen LogP contribution in [0.15, 0.2) is 11.1 Å². The summed E-state index contributed by atoms with van der Waals surface area (Å²) in [4.78, 5) is 0. The molecule has 1 fully saturated rings. The van der Waals surface area contributed by atoms with E-state index < -0.39 is 0 Å². The molecule has 0 aliphatic heterocycles. The van der Waals surface area contributed by atoms with E-state index in [-0.39, 0.29) is 6.04 Å². The fraction of sp³-hybridized carbons (Fsp3) is 0.750. The molecule has 1 N–H and O–H groups in total. The van der Waals surface area contributed by atoms with Gasteiger partial charge in [-0.05, 0) is 31.1 Å². The van der Waals surface area contributed by atoms with Crippen molar-refractivity contribution in [1.29, 1.82) is 0 Å². The largest absolute Gasteiger partial charge is 0.249 e. The Morgan fingerprint density at radius 3 is 3.10 bits per heavy atom. The molecule has 0 saturated heterocycles. The minimum atomic E-state index is -0.0968. The van der Waals surface area contributed by atoms with Gasteiger partial charge < -0.3 is 0 Å². The Morgan fingerprint density at radius 1 is 1.50 bits per heavy atom. The predicted octanol–water partition coefficient (Wildman–Crippen LogP) is 2.19. The fourth-order valence-corrected chi connectivity index (χ4v) is 2.42. The molecule has 55 valence electrons. The van der Waals surface area contributed by atoms with E-state index in [1.54, 1.807) is 0 Å². The molecule has 0 aromatic carbocycles. The van der Waals surface area contributed by atoms with Crippen LogP contribution in [0.25, 0.3) is 0 Å². The fourth-order valence-electron chi connectivity index (χ4n) is 2.06. The first-order valence-electron chi connectivity index (χ1n) is 3.85. The van der Waals surface area contributed by atoms with Gasteiger partial charge in [0.05, 0.1) is 6.04 Å². The highest BCUT2D eigenvalue weighted by Gasteiger charge is 2.34. The van der Waals surface area contributed by atoms with Crippen molar-refractivity contribution in [3.8, 4) is 0 Å². The lowest BCUT2D eigenvalue weighted by atomic mass is 9.91. The van der Waals surface area contributed by atoms with Gasteiger partial charge in [0, 0.05) is 5.03 Å². The van der Waals surface area contributed by atoms with Crippen molar-refractivity contribution in [1.82, 2.24) is 5.73 Å². The molecule has 1 nitrogen and oxygen atoms in total. The van der Waals surface area contributed by atoms with Gasteiger partial charge in [-0.2, -0.15) is 0 Å². The molecule has 0 aromatic rings. The zero-order valence-electron chi connectivity index (χ0n) is 5.81. The van der Waals surface area contributed by atoms with Crippen molar-refractivity contribution in [2.75, 3.05) is 0 Å². The highest BCUT2D eigenvalue weighted by atomic mass is 35.5. The van der Waals surface area contributed by atoms with Gasteiger partial charge in [-0.15, -0.1) is 0 Å². The second-order valence-corrected chi connectivity index (χ2v) is 3.80. The molecule has 3 atom stereocenters. The molecule has 1 saturated carbocycles. The Morgan fingerprint density at radius 2 is 2.30 bits per heavy atom. The van der Waals surface area contributed by atoms with Crippen LogP contribution in [0.2, 0.25) is 0 Å². The maximum atomic E-state index is 7.66. The lowest BCUT2D eigenvalue weighted by Crippen LogP contribution is -2.23. The lowest BCUT2D eigenvalue weighted by molar-refractivity contribution is 0.446. The average Bonchev–Trinajstić information content (AvgIpc) is 2.29. The summed E-state index contributed by atoms with van der Waals surface area (Å²) < 4.78 is 0. The second-order valence-electron chi connectivity index (χ2n) is 3.36. The molecule has 2 rings (SSSR count). The van der Waals surface area contributed by atoms with Gasteiger partial charge in [-0.3, -0.25) is 0 Å². The number of fused-ring (bicyclic) bond motifs is 2. The first kappa shape index (κ1) is 6.68. The number of nitrogens with one attached hydrogen (secondary N) is 1. The van der Waals surface area contributed by atoms with E-state index in [1.165, 1.54) is 19.3 Å². The minimum Gasteiger partial charge on any atom is -0.249 e. The van der Waals surface area contributed by atoms with Crippen LogP contribution in [0.4, 0.5) is 0 Å². The summed E-state index contributed by atoms with van der Waals surface area (Å²) in [6.45, 7) is 0. The Labute approximate surface area is 66.2 Å². The van der Waals surface area contributed by atoms with E-state index in [1.807, 2.05) is 0 Å². The number of rotatable bonds is 0. The first-order chi connectivity index (χ1) is 4.77. The molecule has 2 aliphatic carbocycles. The summed E-state index contributed by atoms with van der Waals surface area (Å²) in [6, 6.07) is -0.0968. The first-order valence-corrected chi connectivity index (χ1v) is 4.23. The van der Waals surface area contributed by atoms with Crippen LogP contribution in [0.1, 0.15) is 19.3 Å². The topological polar surface area (TPSA) is 23.8 Å². The summed E-state index contributed by atoms with van der Waals surface area (Å²) in [6.07, 6.45) is 5.77. The molecular formula is C8H11ClN. The third-order valence-electron chi connectivity index (χ3n) is 2.68. The van der Waals surface area contributed by atoms with E-state index in [0.29, 0.717) is 11.8 Å². The molecule has 2 bridgehead atoms. The molecule has 10 heavy (non-hydrogen) atoms. The normalized spacial score (nSPS) is 45.4. The monoisotopic (exact) mass is 156 g/mol. The van der Waals surface area contributed by atoms with Crippen molar-refractivity contribution >= 4 is 11.6 Å². The zero-order valence-corrected chi connectivity index (χ0v) is 6.56. The summed E-state index contributed by atoms with van der Waals surface area (Å²) in [5.41, 5.74) is 7.66. The van der Waals surface area contributed by atoms with Crippen molar-refractivity contribution in [2.24, 2.45) is 11.8 Å². The van der Waals surface area contributed by atoms with E-state index in [9.17, 15) is 0 Å². The van der Waals surface area contributed by atoms with Crippen LogP contribution in [0.3, 0.4) is 0 Å². The molecule has 3 unspecified atom stereocenters. The number of allylic oxidation sites excluding steroid dienone is 1. The molecule has 0 heterocycles.